The van der Waals surface area contributed by atoms with Crippen molar-refractivity contribution in [3.63, 3.8) is 0 Å². The van der Waals surface area contributed by atoms with E-state index < -0.39 is 17.9 Å². The van der Waals surface area contributed by atoms with Crippen LogP contribution < -0.4 is 5.32 Å². The summed E-state index contributed by atoms with van der Waals surface area (Å²) < 4.78 is 5.40. The molecule has 0 aliphatic heterocycles. The van der Waals surface area contributed by atoms with Crippen molar-refractivity contribution in [2.75, 3.05) is 7.11 Å². The molecule has 1 amide bonds. The molecule has 0 unspecified atom stereocenters. The summed E-state index contributed by atoms with van der Waals surface area (Å²) in [5, 5.41) is 2.79. The van der Waals surface area contributed by atoms with E-state index in [0.29, 0.717) is 4.48 Å². The van der Waals surface area contributed by atoms with Gasteiger partial charge in [-0.25, -0.2) is 4.79 Å². The second-order valence-corrected chi connectivity index (χ2v) is 6.68. The molecule has 0 saturated carbocycles. The van der Waals surface area contributed by atoms with Crippen LogP contribution in [0.25, 0.3) is 0 Å². The minimum Gasteiger partial charge on any atom is -0.467 e. The van der Waals surface area contributed by atoms with Gasteiger partial charge in [-0.3, -0.25) is 4.79 Å². The molecule has 0 heterocycles. The first kappa shape index (κ1) is 18.9. The first-order valence-corrected chi connectivity index (χ1v) is 8.63. The standard InChI is InChI=1S/C20H20BrNO3/c1-14(21)13-17(20(24)25-2)22-19(23)18(15-9-5-3-6-10-15)16-11-7-4-8-12-16/h3-12,17-18H,1,13H2,2H3,(H,22,23)/t17-/m1/s1. The Morgan fingerprint density at radius 3 is 1.92 bits per heavy atom. The van der Waals surface area contributed by atoms with Gasteiger partial charge in [0.15, 0.2) is 0 Å². The van der Waals surface area contributed by atoms with E-state index in [0.717, 1.165) is 11.1 Å². The fourth-order valence-corrected chi connectivity index (χ4v) is 2.92. The number of halogens is 1. The van der Waals surface area contributed by atoms with Crippen LogP contribution in [0.15, 0.2) is 71.7 Å². The zero-order valence-electron chi connectivity index (χ0n) is 13.9. The van der Waals surface area contributed by atoms with Crippen LogP contribution in [-0.2, 0) is 14.3 Å². The van der Waals surface area contributed by atoms with E-state index in [1.54, 1.807) is 0 Å². The van der Waals surface area contributed by atoms with Crippen LogP contribution >= 0.6 is 15.9 Å². The van der Waals surface area contributed by atoms with Crippen LogP contribution in [0.1, 0.15) is 23.5 Å². The fraction of sp³-hybridized carbons (Fsp3) is 0.200. The summed E-state index contributed by atoms with van der Waals surface area (Å²) >= 11 is 3.24. The summed E-state index contributed by atoms with van der Waals surface area (Å²) in [4.78, 5) is 25.0. The number of carbonyl (C=O) groups excluding carboxylic acids is 2. The minimum atomic E-state index is -0.792. The van der Waals surface area contributed by atoms with Gasteiger partial charge in [0.1, 0.15) is 6.04 Å². The highest BCUT2D eigenvalue weighted by Crippen LogP contribution is 2.25. The van der Waals surface area contributed by atoms with E-state index in [9.17, 15) is 9.59 Å². The average Bonchev–Trinajstić information content (AvgIpc) is 2.62. The average molecular weight is 402 g/mol. The Bertz CT molecular complexity index is 692. The van der Waals surface area contributed by atoms with E-state index >= 15 is 0 Å². The van der Waals surface area contributed by atoms with Gasteiger partial charge < -0.3 is 10.1 Å². The number of esters is 1. The predicted octanol–water partition coefficient (Wildman–Crippen LogP) is 3.78. The van der Waals surface area contributed by atoms with Gasteiger partial charge in [0.05, 0.1) is 13.0 Å². The van der Waals surface area contributed by atoms with E-state index in [2.05, 4.69) is 27.8 Å². The molecule has 25 heavy (non-hydrogen) atoms. The van der Waals surface area contributed by atoms with Crippen LogP contribution in [0.4, 0.5) is 0 Å². The van der Waals surface area contributed by atoms with Crippen LogP contribution in [0, 0.1) is 0 Å². The van der Waals surface area contributed by atoms with E-state index in [4.69, 9.17) is 4.74 Å². The molecule has 1 N–H and O–H groups in total. The van der Waals surface area contributed by atoms with Crippen molar-refractivity contribution < 1.29 is 14.3 Å². The molecule has 2 rings (SSSR count). The van der Waals surface area contributed by atoms with Gasteiger partial charge >= 0.3 is 5.97 Å². The van der Waals surface area contributed by atoms with Crippen LogP contribution in [0.3, 0.4) is 0 Å². The molecule has 4 nitrogen and oxygen atoms in total. The van der Waals surface area contributed by atoms with Crippen molar-refractivity contribution in [1.82, 2.24) is 5.32 Å². The number of ether oxygens (including phenoxy) is 1. The third kappa shape index (κ3) is 5.29. The van der Waals surface area contributed by atoms with Crippen LogP contribution in [-0.4, -0.2) is 25.0 Å². The molecule has 2 aromatic carbocycles. The largest absolute Gasteiger partial charge is 0.467 e. The lowest BCUT2D eigenvalue weighted by Crippen LogP contribution is -2.43. The normalized spacial score (nSPS) is 11.6. The molecule has 0 aromatic heterocycles. The Morgan fingerprint density at radius 1 is 1.04 bits per heavy atom. The second-order valence-electron chi connectivity index (χ2n) is 5.56. The molecule has 0 aliphatic rings. The Hall–Kier alpha value is -2.40. The summed E-state index contributed by atoms with van der Waals surface area (Å²) in [5.41, 5.74) is 1.71. The maximum atomic E-state index is 13.0. The van der Waals surface area contributed by atoms with Crippen LogP contribution in [0.2, 0.25) is 0 Å². The first-order valence-electron chi connectivity index (χ1n) is 7.84. The third-order valence-electron chi connectivity index (χ3n) is 3.76. The van der Waals surface area contributed by atoms with Crippen molar-refractivity contribution in [2.45, 2.75) is 18.4 Å². The molecule has 1 atom stereocenters. The highest BCUT2D eigenvalue weighted by molar-refractivity contribution is 9.11. The topological polar surface area (TPSA) is 55.4 Å². The first-order chi connectivity index (χ1) is 12.0. The highest BCUT2D eigenvalue weighted by atomic mass is 79.9. The van der Waals surface area contributed by atoms with E-state index in [-0.39, 0.29) is 12.3 Å². The molecule has 0 spiro atoms. The number of amides is 1. The van der Waals surface area contributed by atoms with Crippen molar-refractivity contribution in [2.24, 2.45) is 0 Å². The number of rotatable bonds is 7. The molecule has 130 valence electrons. The SMILES string of the molecule is C=C(Br)C[C@@H](NC(=O)C(c1ccccc1)c1ccccc1)C(=O)OC. The van der Waals surface area contributed by atoms with Crippen molar-refractivity contribution in [1.29, 1.82) is 0 Å². The fourth-order valence-electron chi connectivity index (χ4n) is 2.60. The lowest BCUT2D eigenvalue weighted by atomic mass is 9.90. The van der Waals surface area contributed by atoms with Gasteiger partial charge in [-0.1, -0.05) is 83.2 Å². The minimum absolute atomic E-state index is 0.259. The number of benzene rings is 2. The third-order valence-corrected chi connectivity index (χ3v) is 4.08. The highest BCUT2D eigenvalue weighted by Gasteiger charge is 2.28. The lowest BCUT2D eigenvalue weighted by Gasteiger charge is -2.22. The van der Waals surface area contributed by atoms with Crippen molar-refractivity contribution in [3.8, 4) is 0 Å². The zero-order valence-corrected chi connectivity index (χ0v) is 15.5. The van der Waals surface area contributed by atoms with Gasteiger partial charge in [0, 0.05) is 6.42 Å². The second kappa shape index (κ2) is 9.18. The molecular formula is C20H20BrNO3. The number of hydrogen-bond acceptors (Lipinski definition) is 3. The Morgan fingerprint density at radius 2 is 1.52 bits per heavy atom. The number of nitrogens with one attached hydrogen (secondary N) is 1. The molecule has 2 aromatic rings. The molecule has 0 fully saturated rings. The number of carbonyl (C=O) groups is 2. The summed E-state index contributed by atoms with van der Waals surface area (Å²) in [5.74, 6) is -1.28. The van der Waals surface area contributed by atoms with Gasteiger partial charge in [0.25, 0.3) is 0 Å². The Kier molecular flexibility index (Phi) is 6.95. The molecule has 0 aliphatic carbocycles. The smallest absolute Gasteiger partial charge is 0.328 e. The summed E-state index contributed by atoms with van der Waals surface area (Å²) in [6, 6.07) is 18.1. The predicted molar refractivity (Wildman–Crippen MR) is 101 cm³/mol. The molecule has 0 saturated heterocycles. The monoisotopic (exact) mass is 401 g/mol. The van der Waals surface area contributed by atoms with E-state index in [1.807, 2.05) is 60.7 Å². The molecule has 0 radical (unpaired) electrons. The number of hydrogen-bond donors (Lipinski definition) is 1. The van der Waals surface area contributed by atoms with Gasteiger partial charge in [-0.15, -0.1) is 0 Å². The molecule has 5 heteroatoms. The maximum absolute atomic E-state index is 13.0. The maximum Gasteiger partial charge on any atom is 0.328 e. The van der Waals surface area contributed by atoms with Crippen molar-refractivity contribution in [3.05, 3.63) is 82.9 Å². The van der Waals surface area contributed by atoms with Gasteiger partial charge in [-0.2, -0.15) is 0 Å². The van der Waals surface area contributed by atoms with E-state index in [1.165, 1.54) is 7.11 Å². The Labute approximate surface area is 156 Å². The number of methoxy groups -OCH3 is 1. The molecular weight excluding hydrogens is 382 g/mol. The Balaban J connectivity index is 2.32. The zero-order chi connectivity index (χ0) is 18.2. The van der Waals surface area contributed by atoms with Crippen LogP contribution in [0.5, 0.6) is 0 Å². The quantitative estimate of drug-likeness (QED) is 0.718. The summed E-state index contributed by atoms with van der Waals surface area (Å²) in [7, 11) is 1.30. The summed E-state index contributed by atoms with van der Waals surface area (Å²) in [6.45, 7) is 3.74. The van der Waals surface area contributed by atoms with Gasteiger partial charge in [0.2, 0.25) is 5.91 Å². The van der Waals surface area contributed by atoms with Gasteiger partial charge in [-0.05, 0) is 15.6 Å². The summed E-state index contributed by atoms with van der Waals surface area (Å²) in [6.07, 6.45) is 0.259. The lowest BCUT2D eigenvalue weighted by molar-refractivity contribution is -0.145. The van der Waals surface area contributed by atoms with Crippen molar-refractivity contribution >= 4 is 27.8 Å². The molecule has 0 bridgehead atoms.